The maximum atomic E-state index is 12.8. The number of benzene rings is 1. The van der Waals surface area contributed by atoms with Gasteiger partial charge in [-0.2, -0.15) is 0 Å². The molecule has 1 amide bonds. The first-order valence-corrected chi connectivity index (χ1v) is 10.9. The van der Waals surface area contributed by atoms with E-state index in [0.29, 0.717) is 10.8 Å². The normalized spacial score (nSPS) is 15.3. The van der Waals surface area contributed by atoms with Gasteiger partial charge in [0.15, 0.2) is 0 Å². The molecule has 8 heteroatoms. The Bertz CT molecular complexity index is 1000. The van der Waals surface area contributed by atoms with Crippen molar-refractivity contribution in [3.63, 3.8) is 0 Å². The van der Waals surface area contributed by atoms with Gasteiger partial charge in [-0.25, -0.2) is 9.97 Å². The summed E-state index contributed by atoms with van der Waals surface area (Å²) >= 11 is 1.48. The molecule has 2 N–H and O–H groups in total. The van der Waals surface area contributed by atoms with Crippen molar-refractivity contribution in [1.82, 2.24) is 19.9 Å². The van der Waals surface area contributed by atoms with Gasteiger partial charge in [0.2, 0.25) is 0 Å². The van der Waals surface area contributed by atoms with Crippen LogP contribution in [0.25, 0.3) is 11.0 Å². The van der Waals surface area contributed by atoms with Gasteiger partial charge in [-0.05, 0) is 31.0 Å². The first-order valence-electron chi connectivity index (χ1n) is 10.0. The highest BCUT2D eigenvalue weighted by Crippen LogP contribution is 2.23. The lowest BCUT2D eigenvalue weighted by atomic mass is 10.1. The highest BCUT2D eigenvalue weighted by Gasteiger charge is 2.17. The minimum Gasteiger partial charge on any atom is -0.379 e. The van der Waals surface area contributed by atoms with Crippen LogP contribution in [0.2, 0.25) is 0 Å². The van der Waals surface area contributed by atoms with Crippen molar-refractivity contribution in [3.8, 4) is 0 Å². The Balaban J connectivity index is 1.46. The lowest BCUT2D eigenvalue weighted by molar-refractivity contribution is 0.0332. The topological polar surface area (TPSA) is 83.1 Å². The zero-order valence-corrected chi connectivity index (χ0v) is 17.9. The van der Waals surface area contributed by atoms with Crippen molar-refractivity contribution in [1.29, 1.82) is 0 Å². The number of thiazole rings is 1. The molecule has 154 valence electrons. The summed E-state index contributed by atoms with van der Waals surface area (Å²) in [5, 5.41) is 4.02. The number of aromatic amines is 1. The fourth-order valence-corrected chi connectivity index (χ4v) is 4.65. The summed E-state index contributed by atoms with van der Waals surface area (Å²) in [5.74, 6) is 1.34. The molecule has 0 spiro atoms. The van der Waals surface area contributed by atoms with Crippen molar-refractivity contribution < 1.29 is 9.53 Å². The summed E-state index contributed by atoms with van der Waals surface area (Å²) in [6, 6.07) is 5.77. The van der Waals surface area contributed by atoms with Crippen LogP contribution in [0, 0.1) is 12.8 Å². The molecule has 0 bridgehead atoms. The molecule has 1 fully saturated rings. The van der Waals surface area contributed by atoms with Crippen LogP contribution >= 0.6 is 11.3 Å². The number of morpholine rings is 1. The lowest BCUT2D eigenvalue weighted by Gasteiger charge is -2.25. The first kappa shape index (κ1) is 20.0. The molecule has 2 aromatic heterocycles. The van der Waals surface area contributed by atoms with Crippen LogP contribution in [0.4, 0.5) is 5.69 Å². The zero-order valence-electron chi connectivity index (χ0n) is 17.1. The van der Waals surface area contributed by atoms with Crippen molar-refractivity contribution >= 4 is 34.0 Å². The van der Waals surface area contributed by atoms with Crippen molar-refractivity contribution in [2.75, 3.05) is 31.6 Å². The van der Waals surface area contributed by atoms with Crippen LogP contribution in [-0.4, -0.2) is 52.1 Å². The third-order valence-corrected chi connectivity index (χ3v) is 6.07. The summed E-state index contributed by atoms with van der Waals surface area (Å²) in [7, 11) is 0. The highest BCUT2D eigenvalue weighted by molar-refractivity contribution is 7.13. The van der Waals surface area contributed by atoms with Crippen LogP contribution in [0.3, 0.4) is 0 Å². The highest BCUT2D eigenvalue weighted by atomic mass is 32.1. The van der Waals surface area contributed by atoms with Crippen molar-refractivity contribution in [2.45, 2.75) is 33.7 Å². The monoisotopic (exact) mass is 413 g/mol. The number of carbonyl (C=O) groups excluding carboxylic acids is 1. The quantitative estimate of drug-likeness (QED) is 0.645. The molecule has 3 heterocycles. The van der Waals surface area contributed by atoms with Crippen LogP contribution in [-0.2, 0) is 17.7 Å². The van der Waals surface area contributed by atoms with Gasteiger partial charge < -0.3 is 15.0 Å². The fraction of sp³-hybridized carbons (Fsp3) is 0.476. The Morgan fingerprint density at radius 3 is 2.86 bits per heavy atom. The second-order valence-electron chi connectivity index (χ2n) is 7.88. The number of hydrogen-bond acceptors (Lipinski definition) is 6. The van der Waals surface area contributed by atoms with E-state index in [4.69, 9.17) is 4.74 Å². The maximum absolute atomic E-state index is 12.8. The fourth-order valence-electron chi connectivity index (χ4n) is 3.47. The van der Waals surface area contributed by atoms with Gasteiger partial charge in [0, 0.05) is 25.2 Å². The molecule has 7 nitrogen and oxygen atoms in total. The third kappa shape index (κ3) is 4.83. The Morgan fingerprint density at radius 1 is 1.31 bits per heavy atom. The van der Waals surface area contributed by atoms with Crippen molar-refractivity contribution in [2.24, 2.45) is 5.92 Å². The summed E-state index contributed by atoms with van der Waals surface area (Å²) < 4.78 is 5.40. The average Bonchev–Trinajstić information content (AvgIpc) is 3.24. The molecule has 1 aliphatic heterocycles. The Hall–Kier alpha value is -2.29. The number of aryl methyl sites for hydroxylation is 1. The van der Waals surface area contributed by atoms with Gasteiger partial charge in [-0.15, -0.1) is 11.3 Å². The van der Waals surface area contributed by atoms with E-state index in [2.05, 4.69) is 39.0 Å². The number of fused-ring (bicyclic) bond motifs is 1. The van der Waals surface area contributed by atoms with Crippen LogP contribution < -0.4 is 5.32 Å². The summed E-state index contributed by atoms with van der Waals surface area (Å²) in [4.78, 5) is 28.4. The third-order valence-electron chi connectivity index (χ3n) is 4.90. The van der Waals surface area contributed by atoms with E-state index in [9.17, 15) is 4.79 Å². The van der Waals surface area contributed by atoms with Gasteiger partial charge >= 0.3 is 0 Å². The van der Waals surface area contributed by atoms with E-state index in [1.165, 1.54) is 11.3 Å². The molecule has 0 unspecified atom stereocenters. The molecular formula is C21H27N5O2S. The predicted molar refractivity (Wildman–Crippen MR) is 116 cm³/mol. The maximum Gasteiger partial charge on any atom is 0.267 e. The number of rotatable bonds is 6. The number of nitrogens with zero attached hydrogens (tertiary/aromatic N) is 3. The molecule has 0 aliphatic carbocycles. The van der Waals surface area contributed by atoms with E-state index in [1.807, 2.05) is 25.1 Å². The van der Waals surface area contributed by atoms with Gasteiger partial charge in [0.1, 0.15) is 10.7 Å². The molecule has 1 aromatic carbocycles. The van der Waals surface area contributed by atoms with Gasteiger partial charge in [0.05, 0.1) is 41.5 Å². The Morgan fingerprint density at radius 2 is 2.10 bits per heavy atom. The van der Waals surface area contributed by atoms with Gasteiger partial charge in [-0.3, -0.25) is 9.69 Å². The zero-order chi connectivity index (χ0) is 20.4. The van der Waals surface area contributed by atoms with Crippen molar-refractivity contribution in [3.05, 3.63) is 39.6 Å². The molecule has 0 saturated carbocycles. The van der Waals surface area contributed by atoms with Crippen LogP contribution in [0.15, 0.2) is 18.2 Å². The number of amides is 1. The number of nitrogens with one attached hydrogen (secondary N) is 2. The summed E-state index contributed by atoms with van der Waals surface area (Å²) in [6.45, 7) is 10.4. The number of H-pyrrole nitrogens is 1. The summed E-state index contributed by atoms with van der Waals surface area (Å²) in [5.41, 5.74) is 3.37. The van der Waals surface area contributed by atoms with Gasteiger partial charge in [0.25, 0.3) is 5.91 Å². The SMILES string of the molecule is Cc1nc(CC(C)C)sc1C(=O)Nc1ccc2nc(CN3CCOCC3)[nH]c2c1. The summed E-state index contributed by atoms with van der Waals surface area (Å²) in [6.07, 6.45) is 0.894. The van der Waals surface area contributed by atoms with E-state index in [0.717, 1.165) is 72.5 Å². The van der Waals surface area contributed by atoms with E-state index < -0.39 is 0 Å². The van der Waals surface area contributed by atoms with E-state index in [1.54, 1.807) is 0 Å². The minimum absolute atomic E-state index is 0.109. The standard InChI is InChI=1S/C21H27N5O2S/c1-13(2)10-19-22-14(3)20(29-19)21(27)23-15-4-5-16-17(11-15)25-18(24-16)12-26-6-8-28-9-7-26/h4-5,11,13H,6-10,12H2,1-3H3,(H,23,27)(H,24,25). The molecule has 1 aliphatic rings. The molecule has 0 atom stereocenters. The number of anilines is 1. The van der Waals surface area contributed by atoms with Crippen LogP contribution in [0.1, 0.15) is 40.0 Å². The van der Waals surface area contributed by atoms with Gasteiger partial charge in [-0.1, -0.05) is 13.8 Å². The minimum atomic E-state index is -0.109. The Labute approximate surface area is 174 Å². The second-order valence-corrected chi connectivity index (χ2v) is 8.96. The predicted octanol–water partition coefficient (Wildman–Crippen LogP) is 3.61. The average molecular weight is 414 g/mol. The molecule has 0 radical (unpaired) electrons. The molecule has 4 rings (SSSR count). The largest absolute Gasteiger partial charge is 0.379 e. The molecule has 3 aromatic rings. The smallest absolute Gasteiger partial charge is 0.267 e. The number of ether oxygens (including phenoxy) is 1. The van der Waals surface area contributed by atoms with E-state index >= 15 is 0 Å². The first-order chi connectivity index (χ1) is 14.0. The number of imidazole rings is 1. The molecular weight excluding hydrogens is 386 g/mol. The van der Waals surface area contributed by atoms with Crippen LogP contribution in [0.5, 0.6) is 0 Å². The lowest BCUT2D eigenvalue weighted by Crippen LogP contribution is -2.35. The number of carbonyl (C=O) groups is 1. The number of hydrogen-bond donors (Lipinski definition) is 2. The van der Waals surface area contributed by atoms with E-state index in [-0.39, 0.29) is 5.91 Å². The number of aromatic nitrogens is 3. The Kier molecular flexibility index (Phi) is 5.94. The second kappa shape index (κ2) is 8.61. The molecule has 29 heavy (non-hydrogen) atoms. The molecule has 1 saturated heterocycles.